The summed E-state index contributed by atoms with van der Waals surface area (Å²) < 4.78 is 5.89. The van der Waals surface area contributed by atoms with E-state index in [4.69, 9.17) is 16.3 Å². The van der Waals surface area contributed by atoms with Gasteiger partial charge in [0.15, 0.2) is 5.84 Å². The number of amides is 1. The van der Waals surface area contributed by atoms with Gasteiger partial charge in [0, 0.05) is 16.1 Å². The van der Waals surface area contributed by atoms with Crippen LogP contribution in [0.15, 0.2) is 59.7 Å². The minimum atomic E-state index is -0.0389. The van der Waals surface area contributed by atoms with Crippen molar-refractivity contribution >= 4 is 23.3 Å². The summed E-state index contributed by atoms with van der Waals surface area (Å²) in [5.74, 6) is 1.74. The van der Waals surface area contributed by atoms with Gasteiger partial charge < -0.3 is 10.2 Å². The maximum absolute atomic E-state index is 12.7. The fourth-order valence-electron chi connectivity index (χ4n) is 3.07. The van der Waals surface area contributed by atoms with E-state index < -0.39 is 0 Å². The van der Waals surface area contributed by atoms with Crippen LogP contribution in [0.25, 0.3) is 0 Å². The van der Waals surface area contributed by atoms with Crippen LogP contribution in [0.5, 0.6) is 5.75 Å². The highest BCUT2D eigenvalue weighted by Crippen LogP contribution is 2.24. The third-order valence-corrected chi connectivity index (χ3v) is 4.71. The fraction of sp³-hybridized carbons (Fsp3) is 0.304. The molecule has 3 rings (SSSR count). The number of nitrogens with one attached hydrogen (secondary N) is 1. The van der Waals surface area contributed by atoms with Gasteiger partial charge in [0.25, 0.3) is 5.91 Å². The Balaban J connectivity index is 1.74. The molecule has 6 heteroatoms. The summed E-state index contributed by atoms with van der Waals surface area (Å²) in [6.45, 7) is 7.68. The van der Waals surface area contributed by atoms with Gasteiger partial charge in [0.1, 0.15) is 5.75 Å². The highest BCUT2D eigenvalue weighted by atomic mass is 35.5. The highest BCUT2D eigenvalue weighted by molar-refractivity contribution is 6.30. The van der Waals surface area contributed by atoms with E-state index in [9.17, 15) is 4.79 Å². The highest BCUT2D eigenvalue weighted by Gasteiger charge is 2.29. The molecule has 0 saturated heterocycles. The molecule has 0 atom stereocenters. The Kier molecular flexibility index (Phi) is 6.94. The molecule has 1 heterocycles. The first-order chi connectivity index (χ1) is 14.0. The number of nitrogens with zero attached hydrogens (tertiary/aromatic N) is 2. The number of carbonyl (C=O) groups is 1. The molecule has 0 fully saturated rings. The number of hydrogen-bond donors (Lipinski definition) is 1. The van der Waals surface area contributed by atoms with Crippen LogP contribution in [-0.4, -0.2) is 23.2 Å². The molecule has 5 nitrogen and oxygen atoms in total. The lowest BCUT2D eigenvalue weighted by Gasteiger charge is -2.17. The third kappa shape index (κ3) is 5.18. The molecule has 1 aliphatic heterocycles. The lowest BCUT2D eigenvalue weighted by atomic mass is 10.1. The monoisotopic (exact) mass is 411 g/mol. The Hall–Kier alpha value is -2.79. The van der Waals surface area contributed by atoms with Gasteiger partial charge in [-0.1, -0.05) is 49.7 Å². The van der Waals surface area contributed by atoms with E-state index in [-0.39, 0.29) is 5.91 Å². The molecule has 0 aromatic heterocycles. The zero-order valence-electron chi connectivity index (χ0n) is 17.0. The molecule has 152 valence electrons. The van der Waals surface area contributed by atoms with E-state index in [1.54, 1.807) is 4.90 Å². The number of amidine groups is 1. The van der Waals surface area contributed by atoms with E-state index in [0.717, 1.165) is 22.4 Å². The minimum absolute atomic E-state index is 0.0389. The number of ether oxygens (including phenoxy) is 1. The molecule has 0 aliphatic carbocycles. The smallest absolute Gasteiger partial charge is 0.260 e. The van der Waals surface area contributed by atoms with Crippen molar-refractivity contribution in [3.8, 4) is 5.75 Å². The van der Waals surface area contributed by atoms with Crippen molar-refractivity contribution in [3.05, 3.63) is 76.3 Å². The van der Waals surface area contributed by atoms with Crippen molar-refractivity contribution in [1.29, 1.82) is 0 Å². The zero-order valence-corrected chi connectivity index (χ0v) is 17.7. The predicted molar refractivity (Wildman–Crippen MR) is 117 cm³/mol. The van der Waals surface area contributed by atoms with E-state index in [1.165, 1.54) is 0 Å². The van der Waals surface area contributed by atoms with Gasteiger partial charge in [-0.15, -0.1) is 0 Å². The first kappa shape index (κ1) is 20.9. The predicted octanol–water partition coefficient (Wildman–Crippen LogP) is 5.01. The van der Waals surface area contributed by atoms with Crippen molar-refractivity contribution in [2.75, 3.05) is 6.61 Å². The quantitative estimate of drug-likeness (QED) is 0.396. The molecule has 1 aliphatic rings. The summed E-state index contributed by atoms with van der Waals surface area (Å²) in [5, 5.41) is 5.12. The van der Waals surface area contributed by atoms with Gasteiger partial charge in [-0.25, -0.2) is 0 Å². The van der Waals surface area contributed by atoms with E-state index in [2.05, 4.69) is 24.4 Å². The van der Waals surface area contributed by atoms with Crippen LogP contribution in [0.1, 0.15) is 42.3 Å². The molecule has 29 heavy (non-hydrogen) atoms. The summed E-state index contributed by atoms with van der Waals surface area (Å²) in [4.78, 5) is 14.4. The largest absolute Gasteiger partial charge is 0.493 e. The van der Waals surface area contributed by atoms with Crippen molar-refractivity contribution in [2.45, 2.75) is 33.9 Å². The number of halogens is 1. The number of benzene rings is 2. The van der Waals surface area contributed by atoms with Crippen LogP contribution in [0.4, 0.5) is 0 Å². The molecule has 0 saturated carbocycles. The van der Waals surface area contributed by atoms with Crippen LogP contribution >= 0.6 is 11.6 Å². The lowest BCUT2D eigenvalue weighted by Crippen LogP contribution is -2.31. The van der Waals surface area contributed by atoms with Crippen molar-refractivity contribution in [1.82, 2.24) is 10.3 Å². The van der Waals surface area contributed by atoms with Crippen LogP contribution < -0.4 is 10.2 Å². The number of rotatable bonds is 7. The molecule has 1 amide bonds. The van der Waals surface area contributed by atoms with Gasteiger partial charge in [0.05, 0.1) is 19.7 Å². The van der Waals surface area contributed by atoms with E-state index >= 15 is 0 Å². The molecular weight excluding hydrogens is 386 g/mol. The lowest BCUT2D eigenvalue weighted by molar-refractivity contribution is 0.0866. The summed E-state index contributed by atoms with van der Waals surface area (Å²) in [7, 11) is 0. The average molecular weight is 412 g/mol. The van der Waals surface area contributed by atoms with Crippen LogP contribution in [-0.2, 0) is 13.1 Å². The third-order valence-electron chi connectivity index (χ3n) is 4.47. The Morgan fingerprint density at radius 1 is 1.31 bits per heavy atom. The number of hydrazone groups is 1. The second-order valence-corrected chi connectivity index (χ2v) is 7.75. The molecule has 2 aromatic carbocycles. The fourth-order valence-corrected chi connectivity index (χ4v) is 3.26. The number of allylic oxidation sites excluding steroid dienone is 1. The first-order valence-electron chi connectivity index (χ1n) is 9.73. The Bertz CT molecular complexity index is 937. The molecular formula is C23H26ClN3O2. The van der Waals surface area contributed by atoms with Crippen molar-refractivity contribution < 1.29 is 9.53 Å². The Labute approximate surface area is 177 Å². The molecule has 0 spiro atoms. The van der Waals surface area contributed by atoms with Crippen LogP contribution in [0, 0.1) is 5.92 Å². The number of carbonyl (C=O) groups excluding carboxylic acids is 1. The molecule has 0 radical (unpaired) electrons. The van der Waals surface area contributed by atoms with Crippen molar-refractivity contribution in [2.24, 2.45) is 11.0 Å². The SMILES string of the molecule is C/C=C/C(=N\NCc1cc(Cl)ccc1OCC(C)C)N1Cc2ccccc2C1=O. The topological polar surface area (TPSA) is 53.9 Å². The van der Waals surface area contributed by atoms with E-state index in [1.807, 2.05) is 61.5 Å². The number of hydrogen-bond acceptors (Lipinski definition) is 4. The standard InChI is InChI=1S/C23H26ClN3O2/c1-4-7-22(27-14-17-8-5-6-9-20(17)23(27)28)26-25-13-18-12-19(24)10-11-21(18)29-15-16(2)3/h4-12,16,25H,13-15H2,1-3H3/b7-4+,26-22+. The summed E-state index contributed by atoms with van der Waals surface area (Å²) in [6.07, 6.45) is 3.69. The molecule has 1 N–H and O–H groups in total. The second kappa shape index (κ2) is 9.61. The van der Waals surface area contributed by atoms with Gasteiger partial charge >= 0.3 is 0 Å². The summed E-state index contributed by atoms with van der Waals surface area (Å²) in [5.41, 5.74) is 5.72. The zero-order chi connectivity index (χ0) is 20.8. The molecule has 2 aromatic rings. The maximum atomic E-state index is 12.7. The summed E-state index contributed by atoms with van der Waals surface area (Å²) >= 11 is 6.16. The Morgan fingerprint density at radius 2 is 2.10 bits per heavy atom. The molecule has 0 bridgehead atoms. The van der Waals surface area contributed by atoms with E-state index in [0.29, 0.717) is 36.5 Å². The van der Waals surface area contributed by atoms with Gasteiger partial charge in [-0.2, -0.15) is 5.10 Å². The van der Waals surface area contributed by atoms with Gasteiger partial charge in [-0.05, 0) is 48.7 Å². The van der Waals surface area contributed by atoms with Crippen LogP contribution in [0.2, 0.25) is 5.02 Å². The van der Waals surface area contributed by atoms with Gasteiger partial charge in [-0.3, -0.25) is 9.69 Å². The Morgan fingerprint density at radius 3 is 2.83 bits per heavy atom. The van der Waals surface area contributed by atoms with Gasteiger partial charge in [0.2, 0.25) is 0 Å². The maximum Gasteiger partial charge on any atom is 0.260 e. The van der Waals surface area contributed by atoms with Crippen LogP contribution in [0.3, 0.4) is 0 Å². The second-order valence-electron chi connectivity index (χ2n) is 7.31. The number of fused-ring (bicyclic) bond motifs is 1. The normalized spacial score (nSPS) is 14.0. The summed E-state index contributed by atoms with van der Waals surface area (Å²) in [6, 6.07) is 13.2. The average Bonchev–Trinajstić information content (AvgIpc) is 3.03. The first-order valence-corrected chi connectivity index (χ1v) is 10.1. The minimum Gasteiger partial charge on any atom is -0.493 e. The molecule has 0 unspecified atom stereocenters. The van der Waals surface area contributed by atoms with Crippen molar-refractivity contribution in [3.63, 3.8) is 0 Å².